The van der Waals surface area contributed by atoms with Crippen LogP contribution in [0.5, 0.6) is 0 Å². The van der Waals surface area contributed by atoms with Crippen molar-refractivity contribution in [3.05, 3.63) is 28.5 Å². The lowest BCUT2D eigenvalue weighted by molar-refractivity contribution is -0.120. The smallest absolute Gasteiger partial charge is 0.225 e. The van der Waals surface area contributed by atoms with Crippen molar-refractivity contribution in [1.29, 1.82) is 0 Å². The van der Waals surface area contributed by atoms with E-state index in [0.717, 1.165) is 10.2 Å². The Balaban J connectivity index is 2.64. The summed E-state index contributed by atoms with van der Waals surface area (Å²) in [5, 5.41) is 2.54. The first-order valence-electron chi connectivity index (χ1n) is 3.53. The second-order valence-corrected chi connectivity index (χ2v) is 3.23. The molecule has 3 nitrogen and oxygen atoms in total. The molecule has 0 unspecified atom stereocenters. The summed E-state index contributed by atoms with van der Waals surface area (Å²) in [6.45, 7) is 0. The monoisotopic (exact) mass is 228 g/mol. The van der Waals surface area contributed by atoms with Gasteiger partial charge in [-0.15, -0.1) is 0 Å². The number of nitrogens with one attached hydrogen (secondary N) is 1. The molecular weight excluding hydrogens is 220 g/mol. The molecule has 0 aliphatic heterocycles. The minimum absolute atomic E-state index is 0.0233. The van der Waals surface area contributed by atoms with E-state index in [4.69, 9.17) is 0 Å². The summed E-state index contributed by atoms with van der Waals surface area (Å²) in [4.78, 5) is 15.0. The van der Waals surface area contributed by atoms with Crippen LogP contribution in [0.25, 0.3) is 0 Å². The second-order valence-electron chi connectivity index (χ2n) is 2.32. The van der Waals surface area contributed by atoms with Crippen LogP contribution >= 0.6 is 15.9 Å². The van der Waals surface area contributed by atoms with Crippen LogP contribution in [0.1, 0.15) is 5.69 Å². The molecule has 4 heteroatoms. The summed E-state index contributed by atoms with van der Waals surface area (Å²) in [6, 6.07) is 3.69. The molecule has 12 heavy (non-hydrogen) atoms. The molecule has 1 N–H and O–H groups in total. The molecule has 1 aromatic rings. The number of nitrogens with zero attached hydrogens (tertiary/aromatic N) is 1. The first kappa shape index (κ1) is 9.19. The standard InChI is InChI=1S/C8H9BrN2O/c1-10-8(12)4-7-3-2-6(9)5-11-7/h2-3,5H,4H2,1H3,(H,10,12). The Labute approximate surface area is 79.3 Å². The van der Waals surface area contributed by atoms with Crippen molar-refractivity contribution in [3.63, 3.8) is 0 Å². The molecule has 0 spiro atoms. The van der Waals surface area contributed by atoms with Gasteiger partial charge in [0.2, 0.25) is 5.91 Å². The molecular formula is C8H9BrN2O. The molecule has 0 radical (unpaired) electrons. The van der Waals surface area contributed by atoms with Crippen molar-refractivity contribution in [2.24, 2.45) is 0 Å². The molecule has 64 valence electrons. The van der Waals surface area contributed by atoms with Gasteiger partial charge in [0, 0.05) is 23.4 Å². The van der Waals surface area contributed by atoms with Crippen LogP contribution in [0, 0.1) is 0 Å². The van der Waals surface area contributed by atoms with Crippen molar-refractivity contribution in [3.8, 4) is 0 Å². The van der Waals surface area contributed by atoms with Gasteiger partial charge < -0.3 is 5.32 Å². The van der Waals surface area contributed by atoms with E-state index in [9.17, 15) is 4.79 Å². The topological polar surface area (TPSA) is 42.0 Å². The van der Waals surface area contributed by atoms with Crippen LogP contribution in [-0.4, -0.2) is 17.9 Å². The average molecular weight is 229 g/mol. The fraction of sp³-hybridized carbons (Fsp3) is 0.250. The molecule has 0 atom stereocenters. The molecule has 0 bridgehead atoms. The van der Waals surface area contributed by atoms with Crippen molar-refractivity contribution < 1.29 is 4.79 Å². The van der Waals surface area contributed by atoms with Crippen LogP contribution in [0.2, 0.25) is 0 Å². The number of likely N-dealkylation sites (N-methyl/N-ethyl adjacent to an activating group) is 1. The van der Waals surface area contributed by atoms with Crippen molar-refractivity contribution in [1.82, 2.24) is 10.3 Å². The van der Waals surface area contributed by atoms with Gasteiger partial charge in [-0.2, -0.15) is 0 Å². The predicted octanol–water partition coefficient (Wildman–Crippen LogP) is 1.13. The van der Waals surface area contributed by atoms with E-state index in [1.165, 1.54) is 0 Å². The summed E-state index contributed by atoms with van der Waals surface area (Å²) in [7, 11) is 1.61. The Morgan fingerprint density at radius 1 is 1.67 bits per heavy atom. The normalized spacial score (nSPS) is 9.50. The van der Waals surface area contributed by atoms with Crippen molar-refractivity contribution in [2.45, 2.75) is 6.42 Å². The van der Waals surface area contributed by atoms with Gasteiger partial charge in [-0.05, 0) is 28.1 Å². The van der Waals surface area contributed by atoms with Crippen LogP contribution in [0.15, 0.2) is 22.8 Å². The van der Waals surface area contributed by atoms with Gasteiger partial charge in [0.15, 0.2) is 0 Å². The third kappa shape index (κ3) is 2.62. The maximum absolute atomic E-state index is 10.9. The number of rotatable bonds is 2. The first-order chi connectivity index (χ1) is 5.72. The highest BCUT2D eigenvalue weighted by atomic mass is 79.9. The summed E-state index contributed by atoms with van der Waals surface area (Å²) >= 11 is 3.27. The minimum atomic E-state index is -0.0233. The summed E-state index contributed by atoms with van der Waals surface area (Å²) in [5.74, 6) is -0.0233. The van der Waals surface area contributed by atoms with Gasteiger partial charge in [0.05, 0.1) is 6.42 Å². The zero-order valence-electron chi connectivity index (χ0n) is 6.67. The number of carbonyl (C=O) groups is 1. The average Bonchev–Trinajstić information content (AvgIpc) is 2.09. The lowest BCUT2D eigenvalue weighted by Gasteiger charge is -1.98. The van der Waals surface area contributed by atoms with Crippen LogP contribution in [0.4, 0.5) is 0 Å². The Hall–Kier alpha value is -0.900. The lowest BCUT2D eigenvalue weighted by Crippen LogP contribution is -2.20. The molecule has 1 heterocycles. The van der Waals surface area contributed by atoms with Crippen LogP contribution in [-0.2, 0) is 11.2 Å². The van der Waals surface area contributed by atoms with E-state index in [-0.39, 0.29) is 5.91 Å². The van der Waals surface area contributed by atoms with Gasteiger partial charge in [-0.3, -0.25) is 9.78 Å². The summed E-state index contributed by atoms with van der Waals surface area (Å²) < 4.78 is 0.920. The molecule has 0 aliphatic carbocycles. The van der Waals surface area contributed by atoms with Crippen LogP contribution in [0.3, 0.4) is 0 Å². The summed E-state index contributed by atoms with van der Waals surface area (Å²) in [5.41, 5.74) is 0.776. The van der Waals surface area contributed by atoms with E-state index in [2.05, 4.69) is 26.2 Å². The number of aromatic nitrogens is 1. The maximum Gasteiger partial charge on any atom is 0.225 e. The Morgan fingerprint density at radius 3 is 2.92 bits per heavy atom. The largest absolute Gasteiger partial charge is 0.359 e. The second kappa shape index (κ2) is 4.21. The fourth-order valence-corrected chi connectivity index (χ4v) is 0.998. The van der Waals surface area contributed by atoms with E-state index >= 15 is 0 Å². The van der Waals surface area contributed by atoms with Gasteiger partial charge in [-0.25, -0.2) is 0 Å². The predicted molar refractivity (Wildman–Crippen MR) is 49.7 cm³/mol. The molecule has 0 aromatic carbocycles. The van der Waals surface area contributed by atoms with E-state index in [0.29, 0.717) is 6.42 Å². The Bertz CT molecular complexity index is 271. The molecule has 0 aliphatic rings. The number of pyridine rings is 1. The van der Waals surface area contributed by atoms with Crippen molar-refractivity contribution in [2.75, 3.05) is 7.05 Å². The Kier molecular flexibility index (Phi) is 3.22. The zero-order chi connectivity index (χ0) is 8.97. The van der Waals surface area contributed by atoms with E-state index in [1.54, 1.807) is 13.2 Å². The molecule has 1 amide bonds. The number of carbonyl (C=O) groups excluding carboxylic acids is 1. The first-order valence-corrected chi connectivity index (χ1v) is 4.32. The SMILES string of the molecule is CNC(=O)Cc1ccc(Br)cn1. The van der Waals surface area contributed by atoms with E-state index in [1.807, 2.05) is 12.1 Å². The molecule has 1 aromatic heterocycles. The van der Waals surface area contributed by atoms with Crippen molar-refractivity contribution >= 4 is 21.8 Å². The number of hydrogen-bond donors (Lipinski definition) is 1. The molecule has 0 saturated carbocycles. The highest BCUT2D eigenvalue weighted by Gasteiger charge is 2.00. The number of hydrogen-bond acceptors (Lipinski definition) is 2. The minimum Gasteiger partial charge on any atom is -0.359 e. The van der Waals surface area contributed by atoms with Gasteiger partial charge in [-0.1, -0.05) is 0 Å². The lowest BCUT2D eigenvalue weighted by atomic mass is 10.2. The molecule has 0 saturated heterocycles. The maximum atomic E-state index is 10.9. The number of amides is 1. The zero-order valence-corrected chi connectivity index (χ0v) is 8.26. The van der Waals surface area contributed by atoms with E-state index < -0.39 is 0 Å². The third-order valence-corrected chi connectivity index (χ3v) is 1.88. The molecule has 1 rings (SSSR count). The quantitative estimate of drug-likeness (QED) is 0.825. The fourth-order valence-electron chi connectivity index (χ4n) is 0.764. The van der Waals surface area contributed by atoms with Gasteiger partial charge >= 0.3 is 0 Å². The van der Waals surface area contributed by atoms with Crippen LogP contribution < -0.4 is 5.32 Å². The molecule has 0 fully saturated rings. The highest BCUT2D eigenvalue weighted by molar-refractivity contribution is 9.10. The third-order valence-electron chi connectivity index (χ3n) is 1.41. The van der Waals surface area contributed by atoms with Gasteiger partial charge in [0.1, 0.15) is 0 Å². The number of halogens is 1. The Morgan fingerprint density at radius 2 is 2.42 bits per heavy atom. The van der Waals surface area contributed by atoms with Gasteiger partial charge in [0.25, 0.3) is 0 Å². The summed E-state index contributed by atoms with van der Waals surface area (Å²) in [6.07, 6.45) is 2.02. The highest BCUT2D eigenvalue weighted by Crippen LogP contribution is 2.07.